The van der Waals surface area contributed by atoms with E-state index in [4.69, 9.17) is 0 Å². The molecule has 0 aliphatic heterocycles. The van der Waals surface area contributed by atoms with Gasteiger partial charge in [-0.2, -0.15) is 0 Å². The predicted octanol–water partition coefficient (Wildman–Crippen LogP) is 1.83. The van der Waals surface area contributed by atoms with E-state index in [1.165, 1.54) is 22.4 Å². The van der Waals surface area contributed by atoms with Gasteiger partial charge in [-0.15, -0.1) is 0 Å². The molecule has 0 atom stereocenters. The molecule has 0 aromatic carbocycles. The van der Waals surface area contributed by atoms with Crippen molar-refractivity contribution in [1.82, 2.24) is 14.5 Å². The Labute approximate surface area is 124 Å². The monoisotopic (exact) mass is 297 g/mol. The zero-order chi connectivity index (χ0) is 15.4. The van der Waals surface area contributed by atoms with Crippen molar-refractivity contribution >= 4 is 17.7 Å². The summed E-state index contributed by atoms with van der Waals surface area (Å²) in [5.74, 6) is 0.357. The second-order valence-corrected chi connectivity index (χ2v) is 6.30. The number of rotatable bonds is 5. The Morgan fingerprint density at radius 3 is 2.40 bits per heavy atom. The molecule has 1 aromatic heterocycles. The Kier molecular flexibility index (Phi) is 5.80. The molecular weight excluding hydrogens is 274 g/mol. The SMILES string of the molecule is Cc1cc(=O)n(C)c(SCC(=O)N(C(C)C)C(C)C)n1. The molecule has 0 fully saturated rings. The number of amides is 1. The summed E-state index contributed by atoms with van der Waals surface area (Å²) in [5.41, 5.74) is 0.574. The van der Waals surface area contributed by atoms with E-state index in [1.807, 2.05) is 32.6 Å². The minimum absolute atomic E-state index is 0.0655. The van der Waals surface area contributed by atoms with Crippen molar-refractivity contribution in [2.75, 3.05) is 5.75 Å². The van der Waals surface area contributed by atoms with Crippen molar-refractivity contribution in [2.45, 2.75) is 51.9 Å². The number of carbonyl (C=O) groups excluding carboxylic acids is 1. The average molecular weight is 297 g/mol. The van der Waals surface area contributed by atoms with Crippen LogP contribution in [0.5, 0.6) is 0 Å². The number of carbonyl (C=O) groups is 1. The molecule has 0 bridgehead atoms. The molecule has 1 heterocycles. The lowest BCUT2D eigenvalue weighted by Gasteiger charge is -2.30. The van der Waals surface area contributed by atoms with E-state index < -0.39 is 0 Å². The van der Waals surface area contributed by atoms with Gasteiger partial charge in [0.1, 0.15) is 0 Å². The molecule has 0 radical (unpaired) electrons. The van der Waals surface area contributed by atoms with Crippen LogP contribution in [0.2, 0.25) is 0 Å². The first-order valence-electron chi connectivity index (χ1n) is 6.72. The second kappa shape index (κ2) is 6.92. The summed E-state index contributed by atoms with van der Waals surface area (Å²) in [5, 5.41) is 0.579. The standard InChI is InChI=1S/C14H23N3O2S/c1-9(2)17(10(3)4)13(19)8-20-14-15-11(5)7-12(18)16(14)6/h7,9-10H,8H2,1-6H3. The largest absolute Gasteiger partial charge is 0.337 e. The lowest BCUT2D eigenvalue weighted by molar-refractivity contribution is -0.131. The Bertz CT molecular complexity index is 530. The van der Waals surface area contributed by atoms with Crippen LogP contribution in [0.1, 0.15) is 33.4 Å². The average Bonchev–Trinajstić information content (AvgIpc) is 2.30. The van der Waals surface area contributed by atoms with Crippen LogP contribution in [-0.4, -0.2) is 38.2 Å². The van der Waals surface area contributed by atoms with E-state index in [9.17, 15) is 9.59 Å². The zero-order valence-electron chi connectivity index (χ0n) is 13.0. The first-order valence-corrected chi connectivity index (χ1v) is 7.71. The summed E-state index contributed by atoms with van der Waals surface area (Å²) in [6, 6.07) is 1.82. The summed E-state index contributed by atoms with van der Waals surface area (Å²) in [6.07, 6.45) is 0. The van der Waals surface area contributed by atoms with Gasteiger partial charge in [0, 0.05) is 30.9 Å². The Morgan fingerprint density at radius 2 is 1.90 bits per heavy atom. The van der Waals surface area contributed by atoms with E-state index in [0.717, 1.165) is 0 Å². The smallest absolute Gasteiger partial charge is 0.254 e. The molecule has 0 spiro atoms. The van der Waals surface area contributed by atoms with Gasteiger partial charge in [0.2, 0.25) is 5.91 Å². The summed E-state index contributed by atoms with van der Waals surface area (Å²) in [6.45, 7) is 9.79. The van der Waals surface area contributed by atoms with Crippen molar-refractivity contribution in [2.24, 2.45) is 7.05 Å². The fourth-order valence-electron chi connectivity index (χ4n) is 2.13. The van der Waals surface area contributed by atoms with E-state index in [0.29, 0.717) is 16.6 Å². The molecule has 0 saturated carbocycles. The molecular formula is C14H23N3O2S. The highest BCUT2D eigenvalue weighted by Crippen LogP contribution is 2.16. The third-order valence-electron chi connectivity index (χ3n) is 2.95. The fourth-order valence-corrected chi connectivity index (χ4v) is 3.02. The van der Waals surface area contributed by atoms with E-state index in [1.54, 1.807) is 14.0 Å². The number of nitrogens with zero attached hydrogens (tertiary/aromatic N) is 3. The molecule has 0 N–H and O–H groups in total. The van der Waals surface area contributed by atoms with Gasteiger partial charge in [0.25, 0.3) is 5.56 Å². The maximum atomic E-state index is 12.3. The highest BCUT2D eigenvalue weighted by molar-refractivity contribution is 7.99. The normalized spacial score (nSPS) is 11.2. The van der Waals surface area contributed by atoms with Gasteiger partial charge < -0.3 is 4.90 Å². The van der Waals surface area contributed by atoms with Crippen molar-refractivity contribution in [3.8, 4) is 0 Å². The molecule has 0 aliphatic carbocycles. The van der Waals surface area contributed by atoms with Gasteiger partial charge in [-0.05, 0) is 34.6 Å². The maximum Gasteiger partial charge on any atom is 0.254 e. The van der Waals surface area contributed by atoms with Crippen LogP contribution in [-0.2, 0) is 11.8 Å². The first kappa shape index (κ1) is 16.8. The maximum absolute atomic E-state index is 12.3. The van der Waals surface area contributed by atoms with Gasteiger partial charge in [-0.1, -0.05) is 11.8 Å². The number of aromatic nitrogens is 2. The van der Waals surface area contributed by atoms with Crippen LogP contribution in [0, 0.1) is 6.92 Å². The van der Waals surface area contributed by atoms with Crippen molar-refractivity contribution in [3.63, 3.8) is 0 Å². The summed E-state index contributed by atoms with van der Waals surface area (Å²) in [7, 11) is 1.67. The molecule has 1 amide bonds. The Morgan fingerprint density at radius 1 is 1.35 bits per heavy atom. The zero-order valence-corrected chi connectivity index (χ0v) is 13.8. The Hall–Kier alpha value is -1.30. The van der Waals surface area contributed by atoms with Crippen LogP contribution < -0.4 is 5.56 Å². The lowest BCUT2D eigenvalue weighted by atomic mass is 10.2. The number of hydrogen-bond acceptors (Lipinski definition) is 4. The highest BCUT2D eigenvalue weighted by Gasteiger charge is 2.20. The van der Waals surface area contributed by atoms with Crippen molar-refractivity contribution < 1.29 is 4.79 Å². The summed E-state index contributed by atoms with van der Waals surface area (Å²) in [4.78, 5) is 30.1. The van der Waals surface area contributed by atoms with Crippen molar-refractivity contribution in [1.29, 1.82) is 0 Å². The predicted molar refractivity (Wildman–Crippen MR) is 82.1 cm³/mol. The van der Waals surface area contributed by atoms with Gasteiger partial charge in [0.15, 0.2) is 5.16 Å². The van der Waals surface area contributed by atoms with E-state index in [2.05, 4.69) is 4.98 Å². The molecule has 112 valence electrons. The van der Waals surface area contributed by atoms with E-state index in [-0.39, 0.29) is 23.6 Å². The molecule has 0 unspecified atom stereocenters. The van der Waals surface area contributed by atoms with Crippen LogP contribution in [0.15, 0.2) is 16.0 Å². The number of hydrogen-bond donors (Lipinski definition) is 0. The first-order chi connectivity index (χ1) is 9.23. The van der Waals surface area contributed by atoms with Crippen LogP contribution in [0.25, 0.3) is 0 Å². The summed E-state index contributed by atoms with van der Waals surface area (Å²) >= 11 is 1.31. The molecule has 6 heteroatoms. The molecule has 0 saturated heterocycles. The summed E-state index contributed by atoms with van der Waals surface area (Å²) < 4.78 is 1.47. The van der Waals surface area contributed by atoms with Crippen LogP contribution in [0.3, 0.4) is 0 Å². The Balaban J connectivity index is 2.82. The fraction of sp³-hybridized carbons (Fsp3) is 0.643. The van der Waals surface area contributed by atoms with Crippen molar-refractivity contribution in [3.05, 3.63) is 22.1 Å². The minimum atomic E-state index is -0.1000. The molecule has 1 rings (SSSR count). The molecule has 5 nitrogen and oxygen atoms in total. The van der Waals surface area contributed by atoms with Gasteiger partial charge in [-0.25, -0.2) is 4.98 Å². The number of thioether (sulfide) groups is 1. The highest BCUT2D eigenvalue weighted by atomic mass is 32.2. The number of aryl methyl sites for hydroxylation is 1. The van der Waals surface area contributed by atoms with Crippen LogP contribution in [0.4, 0.5) is 0 Å². The third kappa shape index (κ3) is 4.10. The molecule has 0 aliphatic rings. The second-order valence-electron chi connectivity index (χ2n) is 5.35. The molecule has 1 aromatic rings. The third-order valence-corrected chi connectivity index (χ3v) is 3.96. The van der Waals surface area contributed by atoms with Gasteiger partial charge in [0.05, 0.1) is 5.75 Å². The minimum Gasteiger partial charge on any atom is -0.337 e. The van der Waals surface area contributed by atoms with Gasteiger partial charge in [-0.3, -0.25) is 14.2 Å². The van der Waals surface area contributed by atoms with Gasteiger partial charge >= 0.3 is 0 Å². The van der Waals surface area contributed by atoms with E-state index >= 15 is 0 Å². The topological polar surface area (TPSA) is 55.2 Å². The quantitative estimate of drug-likeness (QED) is 0.614. The van der Waals surface area contributed by atoms with Crippen LogP contribution >= 0.6 is 11.8 Å². The molecule has 20 heavy (non-hydrogen) atoms. The lowest BCUT2D eigenvalue weighted by Crippen LogP contribution is -2.43.